The molecule has 1 aromatic carbocycles. The second-order valence-electron chi connectivity index (χ2n) is 6.10. The minimum Gasteiger partial charge on any atom is -0.486 e. The molecule has 1 amide bonds. The third-order valence-electron chi connectivity index (χ3n) is 3.90. The van der Waals surface area contributed by atoms with Crippen LogP contribution in [0.5, 0.6) is 5.75 Å². The average Bonchev–Trinajstić information content (AvgIpc) is 3.36. The topological polar surface area (TPSA) is 68.7 Å². The van der Waals surface area contributed by atoms with E-state index in [1.807, 2.05) is 29.1 Å². The lowest BCUT2D eigenvalue weighted by Crippen LogP contribution is -2.30. The lowest BCUT2D eigenvalue weighted by molar-refractivity contribution is -0.133. The number of rotatable bonds is 8. The summed E-state index contributed by atoms with van der Waals surface area (Å²) in [5.74, 6) is -0.463. The fraction of sp³-hybridized carbons (Fsp3) is 0.250. The maximum atomic E-state index is 12.4. The number of ether oxygens (including phenoxy) is 2. The number of carbonyl (C=O) groups is 2. The molecule has 3 rings (SSSR count). The van der Waals surface area contributed by atoms with Crippen molar-refractivity contribution in [3.8, 4) is 5.75 Å². The number of likely N-dealkylation sites (N-methyl/N-ethyl adjacent to an activating group) is 1. The van der Waals surface area contributed by atoms with Crippen molar-refractivity contribution in [1.29, 1.82) is 0 Å². The van der Waals surface area contributed by atoms with Gasteiger partial charge in [-0.2, -0.15) is 11.3 Å². The van der Waals surface area contributed by atoms with Crippen LogP contribution in [0, 0.1) is 6.92 Å². The zero-order valence-corrected chi connectivity index (χ0v) is 17.2. The quantitative estimate of drug-likeness (QED) is 0.521. The van der Waals surface area contributed by atoms with E-state index < -0.39 is 5.97 Å². The molecule has 0 saturated heterocycles. The van der Waals surface area contributed by atoms with Crippen LogP contribution in [0.15, 0.2) is 46.5 Å². The number of thiazole rings is 1. The Balaban J connectivity index is 1.55. The highest BCUT2D eigenvalue weighted by Crippen LogP contribution is 2.21. The molecule has 8 heteroatoms. The molecule has 0 saturated carbocycles. The number of thiophene rings is 1. The first-order valence-electron chi connectivity index (χ1n) is 8.58. The molecule has 0 atom stereocenters. The van der Waals surface area contributed by atoms with Gasteiger partial charge in [-0.25, -0.2) is 9.78 Å². The Morgan fingerprint density at radius 3 is 2.71 bits per heavy atom. The summed E-state index contributed by atoms with van der Waals surface area (Å²) in [7, 11) is 1.68. The molecule has 0 unspecified atom stereocenters. The Morgan fingerprint density at radius 1 is 1.18 bits per heavy atom. The second kappa shape index (κ2) is 9.48. The van der Waals surface area contributed by atoms with Crippen LogP contribution >= 0.6 is 22.7 Å². The number of carbonyl (C=O) groups excluding carboxylic acids is 2. The summed E-state index contributed by atoms with van der Waals surface area (Å²) in [5, 5.41) is 6.81. The molecule has 146 valence electrons. The highest BCUT2D eigenvalue weighted by atomic mass is 32.1. The van der Waals surface area contributed by atoms with Crippen molar-refractivity contribution in [2.24, 2.45) is 0 Å². The van der Waals surface area contributed by atoms with Crippen molar-refractivity contribution in [2.45, 2.75) is 20.1 Å². The lowest BCUT2D eigenvalue weighted by Gasteiger charge is -2.16. The molecular formula is C20H20N2O4S2. The monoisotopic (exact) mass is 416 g/mol. The molecule has 0 radical (unpaired) electrons. The molecule has 6 nitrogen and oxygen atoms in total. The number of amides is 1. The van der Waals surface area contributed by atoms with Gasteiger partial charge in [-0.3, -0.25) is 4.79 Å². The van der Waals surface area contributed by atoms with E-state index in [4.69, 9.17) is 9.47 Å². The average molecular weight is 417 g/mol. The van der Waals surface area contributed by atoms with E-state index in [0.29, 0.717) is 12.3 Å². The van der Waals surface area contributed by atoms with Gasteiger partial charge in [0, 0.05) is 19.0 Å². The molecule has 0 aliphatic heterocycles. The first-order valence-corrected chi connectivity index (χ1v) is 10.4. The van der Waals surface area contributed by atoms with Crippen LogP contribution in [0.2, 0.25) is 0 Å². The number of aromatic nitrogens is 1. The van der Waals surface area contributed by atoms with Gasteiger partial charge < -0.3 is 14.4 Å². The number of hydrogen-bond donors (Lipinski definition) is 0. The molecule has 0 aliphatic rings. The highest BCUT2D eigenvalue weighted by Gasteiger charge is 2.17. The second-order valence-corrected chi connectivity index (χ2v) is 7.94. The Kier molecular flexibility index (Phi) is 6.78. The Hall–Kier alpha value is -2.71. The summed E-state index contributed by atoms with van der Waals surface area (Å²) >= 11 is 3.11. The summed E-state index contributed by atoms with van der Waals surface area (Å²) in [4.78, 5) is 30.5. The predicted molar refractivity (Wildman–Crippen MR) is 109 cm³/mol. The fourth-order valence-corrected chi connectivity index (χ4v) is 3.70. The van der Waals surface area contributed by atoms with Gasteiger partial charge in [0.2, 0.25) is 0 Å². The molecule has 28 heavy (non-hydrogen) atoms. The lowest BCUT2D eigenvalue weighted by atomic mass is 10.2. The Labute approximate surface area is 171 Å². The summed E-state index contributed by atoms with van der Waals surface area (Å²) in [6.07, 6.45) is 0. The number of para-hydroxylation sites is 1. The molecule has 0 aliphatic carbocycles. The van der Waals surface area contributed by atoms with Gasteiger partial charge in [-0.15, -0.1) is 11.3 Å². The van der Waals surface area contributed by atoms with Gasteiger partial charge in [0.25, 0.3) is 5.91 Å². The van der Waals surface area contributed by atoms with Crippen molar-refractivity contribution in [1.82, 2.24) is 9.88 Å². The zero-order chi connectivity index (χ0) is 19.9. The summed E-state index contributed by atoms with van der Waals surface area (Å²) in [5.41, 5.74) is 2.13. The molecule has 0 spiro atoms. The van der Waals surface area contributed by atoms with Crippen LogP contribution in [-0.4, -0.2) is 35.4 Å². The fourth-order valence-electron chi connectivity index (χ4n) is 2.45. The van der Waals surface area contributed by atoms with E-state index in [0.717, 1.165) is 16.3 Å². The van der Waals surface area contributed by atoms with E-state index in [2.05, 4.69) is 4.98 Å². The Morgan fingerprint density at radius 2 is 2.00 bits per heavy atom. The smallest absolute Gasteiger partial charge is 0.342 e. The van der Waals surface area contributed by atoms with Gasteiger partial charge in [-0.1, -0.05) is 12.1 Å². The number of nitrogens with zero attached hydrogens (tertiary/aromatic N) is 2. The Bertz CT molecular complexity index is 937. The van der Waals surface area contributed by atoms with Crippen molar-refractivity contribution >= 4 is 34.6 Å². The number of esters is 1. The predicted octanol–water partition coefficient (Wildman–Crippen LogP) is 3.91. The van der Waals surface area contributed by atoms with Gasteiger partial charge in [0.05, 0.1) is 10.7 Å². The summed E-state index contributed by atoms with van der Waals surface area (Å²) < 4.78 is 10.9. The number of aryl methyl sites for hydroxylation is 1. The molecule has 2 aromatic heterocycles. The zero-order valence-electron chi connectivity index (χ0n) is 15.6. The third kappa shape index (κ3) is 5.40. The first kappa shape index (κ1) is 20.0. The number of hydrogen-bond acceptors (Lipinski definition) is 7. The van der Waals surface area contributed by atoms with Gasteiger partial charge in [0.15, 0.2) is 6.61 Å². The van der Waals surface area contributed by atoms with Crippen LogP contribution in [0.1, 0.15) is 26.6 Å². The molecular weight excluding hydrogens is 396 g/mol. The van der Waals surface area contributed by atoms with Crippen molar-refractivity contribution in [3.63, 3.8) is 0 Å². The van der Waals surface area contributed by atoms with E-state index in [1.165, 1.54) is 4.90 Å². The number of benzene rings is 1. The summed E-state index contributed by atoms with van der Waals surface area (Å²) in [6, 6.07) is 8.76. The molecule has 0 N–H and O–H groups in total. The van der Waals surface area contributed by atoms with Crippen LogP contribution < -0.4 is 4.74 Å². The molecule has 3 aromatic rings. The van der Waals surface area contributed by atoms with Gasteiger partial charge in [-0.05, 0) is 41.4 Å². The van der Waals surface area contributed by atoms with E-state index in [-0.39, 0.29) is 24.7 Å². The highest BCUT2D eigenvalue weighted by molar-refractivity contribution is 7.09. The van der Waals surface area contributed by atoms with Crippen LogP contribution in [0.25, 0.3) is 0 Å². The van der Waals surface area contributed by atoms with Crippen LogP contribution in [0.4, 0.5) is 0 Å². The van der Waals surface area contributed by atoms with E-state index in [9.17, 15) is 9.59 Å². The standard InChI is InChI=1S/C20H20N2O4S2/c1-14-21-16(13-28-14)10-25-18-6-4-3-5-17(18)20(24)26-11-19(23)22(2)9-15-7-8-27-12-15/h3-8,12-13H,9-11H2,1-2H3. The van der Waals surface area contributed by atoms with Crippen molar-refractivity contribution in [2.75, 3.05) is 13.7 Å². The maximum Gasteiger partial charge on any atom is 0.342 e. The van der Waals surface area contributed by atoms with Crippen LogP contribution in [0.3, 0.4) is 0 Å². The van der Waals surface area contributed by atoms with E-state index in [1.54, 1.807) is 54.0 Å². The molecule has 0 bridgehead atoms. The SMILES string of the molecule is Cc1nc(COc2ccccc2C(=O)OCC(=O)N(C)Cc2ccsc2)cs1. The minimum atomic E-state index is -0.595. The van der Waals surface area contributed by atoms with Gasteiger partial charge in [0.1, 0.15) is 17.9 Å². The van der Waals surface area contributed by atoms with Crippen molar-refractivity contribution in [3.05, 3.63) is 68.3 Å². The molecule has 0 fully saturated rings. The van der Waals surface area contributed by atoms with E-state index >= 15 is 0 Å². The summed E-state index contributed by atoms with van der Waals surface area (Å²) in [6.45, 7) is 2.34. The van der Waals surface area contributed by atoms with Crippen LogP contribution in [-0.2, 0) is 22.7 Å². The molecule has 2 heterocycles. The van der Waals surface area contributed by atoms with Crippen molar-refractivity contribution < 1.29 is 19.1 Å². The maximum absolute atomic E-state index is 12.4. The van der Waals surface area contributed by atoms with Gasteiger partial charge >= 0.3 is 5.97 Å². The first-order chi connectivity index (χ1) is 13.5. The normalized spacial score (nSPS) is 10.5. The largest absolute Gasteiger partial charge is 0.486 e. The minimum absolute atomic E-state index is 0.261. The third-order valence-corrected chi connectivity index (χ3v) is 5.46.